The molecule has 2 heterocycles. The summed E-state index contributed by atoms with van der Waals surface area (Å²) < 4.78 is 11.8. The summed E-state index contributed by atoms with van der Waals surface area (Å²) in [7, 11) is 0. The molecular weight excluding hydrogens is 516 g/mol. The Bertz CT molecular complexity index is 1320. The molecule has 0 radical (unpaired) electrons. The molecule has 5 heteroatoms. The van der Waals surface area contributed by atoms with Crippen LogP contribution in [0.3, 0.4) is 0 Å². The monoisotopic (exact) mass is 558 g/mol. The van der Waals surface area contributed by atoms with Crippen LogP contribution >= 0.6 is 11.6 Å². The van der Waals surface area contributed by atoms with Crippen LogP contribution in [0.15, 0.2) is 54.6 Å². The quantitative estimate of drug-likeness (QED) is 0.253. The Kier molecular flexibility index (Phi) is 9.98. The molecule has 2 aliphatic rings. The van der Waals surface area contributed by atoms with E-state index in [0.29, 0.717) is 11.6 Å². The van der Waals surface area contributed by atoms with Gasteiger partial charge in [0.05, 0.1) is 18.2 Å². The van der Waals surface area contributed by atoms with Crippen molar-refractivity contribution in [1.82, 2.24) is 9.80 Å². The van der Waals surface area contributed by atoms with Crippen LogP contribution in [-0.2, 0) is 17.9 Å². The molecule has 0 unspecified atom stereocenters. The van der Waals surface area contributed by atoms with Gasteiger partial charge < -0.3 is 9.47 Å². The molecule has 2 aliphatic heterocycles. The minimum atomic E-state index is 0.491. The van der Waals surface area contributed by atoms with Crippen molar-refractivity contribution in [3.05, 3.63) is 93.0 Å². The van der Waals surface area contributed by atoms with Crippen molar-refractivity contribution in [3.8, 4) is 16.9 Å². The van der Waals surface area contributed by atoms with Gasteiger partial charge in [-0.15, -0.1) is 0 Å². The molecule has 0 aromatic heterocycles. The van der Waals surface area contributed by atoms with E-state index in [-0.39, 0.29) is 0 Å². The molecule has 2 fully saturated rings. The maximum Gasteiger partial charge on any atom is 0.138 e. The van der Waals surface area contributed by atoms with Crippen LogP contribution in [0.25, 0.3) is 17.2 Å². The second-order valence-electron chi connectivity index (χ2n) is 11.2. The van der Waals surface area contributed by atoms with Crippen LogP contribution < -0.4 is 4.74 Å². The summed E-state index contributed by atoms with van der Waals surface area (Å²) >= 11 is 6.70. The molecular formula is C35H43ClN2O2. The smallest absolute Gasteiger partial charge is 0.138 e. The van der Waals surface area contributed by atoms with Crippen molar-refractivity contribution in [2.75, 3.05) is 45.9 Å². The fourth-order valence-electron chi connectivity index (χ4n) is 5.86. The molecule has 0 N–H and O–H groups in total. The summed E-state index contributed by atoms with van der Waals surface area (Å²) in [6, 6.07) is 17.3. The number of ether oxygens (including phenoxy) is 2. The number of hydrogen-bond acceptors (Lipinski definition) is 4. The van der Waals surface area contributed by atoms with Gasteiger partial charge in [-0.25, -0.2) is 0 Å². The maximum atomic E-state index is 6.70. The van der Waals surface area contributed by atoms with Gasteiger partial charge in [-0.05, 0) is 110 Å². The molecule has 5 rings (SSSR count). The Balaban J connectivity index is 1.26. The minimum Gasteiger partial charge on any atom is -0.487 e. The van der Waals surface area contributed by atoms with E-state index in [4.69, 9.17) is 21.1 Å². The summed E-state index contributed by atoms with van der Waals surface area (Å²) in [5.41, 5.74) is 10.1. The van der Waals surface area contributed by atoms with Gasteiger partial charge in [0, 0.05) is 26.2 Å². The van der Waals surface area contributed by atoms with Crippen molar-refractivity contribution >= 4 is 17.7 Å². The average Bonchev–Trinajstić information content (AvgIpc) is 3.48. The second-order valence-corrected chi connectivity index (χ2v) is 11.6. The third-order valence-corrected chi connectivity index (χ3v) is 8.79. The molecule has 40 heavy (non-hydrogen) atoms. The predicted molar refractivity (Wildman–Crippen MR) is 167 cm³/mol. The average molecular weight is 559 g/mol. The molecule has 0 amide bonds. The number of benzene rings is 3. The largest absolute Gasteiger partial charge is 0.487 e. The second kappa shape index (κ2) is 13.8. The summed E-state index contributed by atoms with van der Waals surface area (Å²) in [5, 5.41) is 0.692. The van der Waals surface area contributed by atoms with Crippen LogP contribution in [0.4, 0.5) is 0 Å². The zero-order valence-corrected chi connectivity index (χ0v) is 25.1. The number of likely N-dealkylation sites (tertiary alicyclic amines) is 1. The van der Waals surface area contributed by atoms with Crippen molar-refractivity contribution in [2.24, 2.45) is 0 Å². The zero-order valence-electron chi connectivity index (χ0n) is 24.3. The lowest BCUT2D eigenvalue weighted by atomic mass is 9.91. The predicted octanol–water partition coefficient (Wildman–Crippen LogP) is 7.84. The van der Waals surface area contributed by atoms with Crippen LogP contribution in [0.1, 0.15) is 52.6 Å². The van der Waals surface area contributed by atoms with Crippen LogP contribution in [0, 0.1) is 20.8 Å². The molecule has 0 atom stereocenters. The van der Waals surface area contributed by atoms with Crippen molar-refractivity contribution in [2.45, 2.75) is 53.2 Å². The first-order valence-electron chi connectivity index (χ1n) is 14.8. The van der Waals surface area contributed by atoms with E-state index < -0.39 is 0 Å². The number of aryl methyl sites for hydroxylation is 1. The minimum absolute atomic E-state index is 0.491. The standard InChI is InChI=1S/C35H43ClN2O2/c1-26-22-35(34(36)23-31(26)24-38-16-6-7-17-38)40-25-30-12-9-14-33(28(30)3)32-13-8-11-29(27(32)2)10-4-5-15-37-18-20-39-21-19-37/h4,8-14,22-23H,5-7,15-21,24-25H2,1-3H3/b10-4+. The van der Waals surface area contributed by atoms with Crippen LogP contribution in [0.5, 0.6) is 5.75 Å². The highest BCUT2D eigenvalue weighted by molar-refractivity contribution is 6.32. The third-order valence-electron chi connectivity index (χ3n) is 8.49. The Hall–Kier alpha value is -2.63. The van der Waals surface area contributed by atoms with Crippen molar-refractivity contribution in [1.29, 1.82) is 0 Å². The molecule has 4 nitrogen and oxygen atoms in total. The first-order chi connectivity index (χ1) is 19.5. The van der Waals surface area contributed by atoms with Gasteiger partial charge in [0.2, 0.25) is 0 Å². The lowest BCUT2D eigenvalue weighted by molar-refractivity contribution is 0.0387. The fraction of sp³-hybridized carbons (Fsp3) is 0.429. The van der Waals surface area contributed by atoms with Gasteiger partial charge in [0.25, 0.3) is 0 Å². The van der Waals surface area contributed by atoms with Crippen molar-refractivity contribution in [3.63, 3.8) is 0 Å². The van der Waals surface area contributed by atoms with E-state index >= 15 is 0 Å². The summed E-state index contributed by atoms with van der Waals surface area (Å²) in [6.45, 7) is 15.3. The van der Waals surface area contributed by atoms with E-state index in [0.717, 1.165) is 51.6 Å². The Morgan fingerprint density at radius 3 is 2.35 bits per heavy atom. The van der Waals surface area contributed by atoms with Gasteiger partial charge in [-0.2, -0.15) is 0 Å². The number of morpholine rings is 1. The highest BCUT2D eigenvalue weighted by Gasteiger charge is 2.16. The lowest BCUT2D eigenvalue weighted by Crippen LogP contribution is -2.36. The topological polar surface area (TPSA) is 24.9 Å². The van der Waals surface area contributed by atoms with E-state index in [2.05, 4.69) is 91.3 Å². The molecule has 0 aliphatic carbocycles. The van der Waals surface area contributed by atoms with Gasteiger partial charge in [0.1, 0.15) is 12.4 Å². The summed E-state index contributed by atoms with van der Waals surface area (Å²) in [6.07, 6.45) is 8.22. The van der Waals surface area contributed by atoms with Crippen LogP contribution in [-0.4, -0.2) is 55.7 Å². The highest BCUT2D eigenvalue weighted by Crippen LogP contribution is 2.33. The van der Waals surface area contributed by atoms with E-state index in [1.165, 1.54) is 70.4 Å². The van der Waals surface area contributed by atoms with Crippen LogP contribution in [0.2, 0.25) is 5.02 Å². The first-order valence-corrected chi connectivity index (χ1v) is 15.2. The number of hydrogen-bond donors (Lipinski definition) is 0. The van der Waals surface area contributed by atoms with Gasteiger partial charge in [-0.3, -0.25) is 9.80 Å². The number of nitrogens with zero attached hydrogens (tertiary/aromatic N) is 2. The van der Waals surface area contributed by atoms with E-state index in [9.17, 15) is 0 Å². The lowest BCUT2D eigenvalue weighted by Gasteiger charge is -2.25. The zero-order chi connectivity index (χ0) is 27.9. The molecule has 0 bridgehead atoms. The summed E-state index contributed by atoms with van der Waals surface area (Å²) in [5.74, 6) is 0.759. The molecule has 0 saturated carbocycles. The third kappa shape index (κ3) is 7.16. The molecule has 212 valence electrons. The Morgan fingerprint density at radius 1 is 0.850 bits per heavy atom. The Labute approximate surface area is 245 Å². The molecule has 0 spiro atoms. The van der Waals surface area contributed by atoms with Gasteiger partial charge >= 0.3 is 0 Å². The van der Waals surface area contributed by atoms with Gasteiger partial charge in [-0.1, -0.05) is 60.2 Å². The van der Waals surface area contributed by atoms with Crippen molar-refractivity contribution < 1.29 is 9.47 Å². The Morgan fingerprint density at radius 2 is 1.57 bits per heavy atom. The number of rotatable bonds is 10. The fourth-order valence-corrected chi connectivity index (χ4v) is 6.10. The normalized spacial score (nSPS) is 16.7. The molecule has 3 aromatic rings. The first kappa shape index (κ1) is 28.9. The maximum absolute atomic E-state index is 6.70. The molecule has 3 aromatic carbocycles. The summed E-state index contributed by atoms with van der Waals surface area (Å²) in [4.78, 5) is 4.98. The SMILES string of the molecule is Cc1cc(OCc2cccc(-c3cccc(/C=C/CCN4CCOCC4)c3C)c2C)c(Cl)cc1CN1CCCC1. The molecule has 2 saturated heterocycles. The van der Waals surface area contributed by atoms with E-state index in [1.54, 1.807) is 0 Å². The van der Waals surface area contributed by atoms with Gasteiger partial charge in [0.15, 0.2) is 0 Å². The number of halogens is 1. The highest BCUT2D eigenvalue weighted by atomic mass is 35.5. The van der Waals surface area contributed by atoms with E-state index in [1.807, 2.05) is 0 Å².